The molecule has 14 heavy (non-hydrogen) atoms. The molecule has 1 heterocycles. The van der Waals surface area contributed by atoms with Crippen LogP contribution >= 0.6 is 0 Å². The fourth-order valence-corrected chi connectivity index (χ4v) is 1.15. The predicted molar refractivity (Wildman–Crippen MR) is 48.8 cm³/mol. The highest BCUT2D eigenvalue weighted by molar-refractivity contribution is 5.88. The second kappa shape index (κ2) is 5.39. The molecule has 0 aromatic heterocycles. The van der Waals surface area contributed by atoms with E-state index in [1.807, 2.05) is 0 Å². The Hall–Kier alpha value is -1.36. The van der Waals surface area contributed by atoms with E-state index in [0.717, 1.165) is 0 Å². The molecular formula is C9H13NO4. The van der Waals surface area contributed by atoms with Gasteiger partial charge in [-0.1, -0.05) is 6.08 Å². The lowest BCUT2D eigenvalue weighted by Crippen LogP contribution is -2.39. The lowest BCUT2D eigenvalue weighted by atomic mass is 10.3. The number of amides is 1. The fraction of sp³-hybridized carbons (Fsp3) is 0.556. The average Bonchev–Trinajstić information content (AvgIpc) is 2.18. The molecule has 0 spiro atoms. The minimum absolute atomic E-state index is 0.115. The highest BCUT2D eigenvalue weighted by Crippen LogP contribution is 1.98. The topological polar surface area (TPSA) is 66.8 Å². The van der Waals surface area contributed by atoms with Gasteiger partial charge in [-0.3, -0.25) is 9.59 Å². The molecular weight excluding hydrogens is 186 g/mol. The Balaban J connectivity index is 2.32. The van der Waals surface area contributed by atoms with Gasteiger partial charge >= 0.3 is 5.97 Å². The van der Waals surface area contributed by atoms with Gasteiger partial charge in [-0.25, -0.2) is 0 Å². The second-order valence-corrected chi connectivity index (χ2v) is 2.94. The third-order valence-electron chi connectivity index (χ3n) is 1.88. The lowest BCUT2D eigenvalue weighted by molar-refractivity contribution is -0.136. The normalized spacial score (nSPS) is 17.3. The van der Waals surface area contributed by atoms with Gasteiger partial charge in [-0.05, 0) is 6.08 Å². The second-order valence-electron chi connectivity index (χ2n) is 2.94. The summed E-state index contributed by atoms with van der Waals surface area (Å²) in [6.45, 7) is 2.27. The standard InChI is InChI=1S/C9H13NO4/c11-8(2-1-3-9(12)13)10-4-6-14-7-5-10/h1-2H,3-7H2,(H,12,13)/b2-1+. The Bertz CT molecular complexity index is 243. The number of rotatable bonds is 3. The number of hydrogen-bond acceptors (Lipinski definition) is 3. The summed E-state index contributed by atoms with van der Waals surface area (Å²) in [4.78, 5) is 23.2. The molecule has 0 atom stereocenters. The zero-order chi connectivity index (χ0) is 10.4. The molecule has 0 aromatic carbocycles. The zero-order valence-corrected chi connectivity index (χ0v) is 7.81. The van der Waals surface area contributed by atoms with Crippen LogP contribution in [0.2, 0.25) is 0 Å². The third kappa shape index (κ3) is 3.57. The van der Waals surface area contributed by atoms with Crippen LogP contribution in [-0.2, 0) is 14.3 Å². The van der Waals surface area contributed by atoms with Crippen LogP contribution in [0.15, 0.2) is 12.2 Å². The van der Waals surface area contributed by atoms with Crippen LogP contribution in [0.5, 0.6) is 0 Å². The maximum absolute atomic E-state index is 11.4. The quantitative estimate of drug-likeness (QED) is 0.643. The highest BCUT2D eigenvalue weighted by Gasteiger charge is 2.13. The Morgan fingerprint density at radius 2 is 2.00 bits per heavy atom. The van der Waals surface area contributed by atoms with Crippen LogP contribution in [0.1, 0.15) is 6.42 Å². The van der Waals surface area contributed by atoms with E-state index in [9.17, 15) is 9.59 Å². The van der Waals surface area contributed by atoms with Crippen LogP contribution in [0, 0.1) is 0 Å². The first-order valence-corrected chi connectivity index (χ1v) is 4.45. The number of carbonyl (C=O) groups is 2. The first-order chi connectivity index (χ1) is 6.70. The molecule has 1 saturated heterocycles. The Morgan fingerprint density at radius 1 is 1.36 bits per heavy atom. The first kappa shape index (κ1) is 10.7. The van der Waals surface area contributed by atoms with E-state index < -0.39 is 5.97 Å². The average molecular weight is 199 g/mol. The fourth-order valence-electron chi connectivity index (χ4n) is 1.15. The summed E-state index contributed by atoms with van der Waals surface area (Å²) >= 11 is 0. The summed E-state index contributed by atoms with van der Waals surface area (Å²) in [6, 6.07) is 0. The summed E-state index contributed by atoms with van der Waals surface area (Å²) < 4.78 is 5.08. The van der Waals surface area contributed by atoms with E-state index in [1.165, 1.54) is 12.2 Å². The van der Waals surface area contributed by atoms with Crippen molar-refractivity contribution in [3.63, 3.8) is 0 Å². The monoisotopic (exact) mass is 199 g/mol. The minimum Gasteiger partial charge on any atom is -0.481 e. The molecule has 0 saturated carbocycles. The molecule has 0 bridgehead atoms. The molecule has 0 aromatic rings. The lowest BCUT2D eigenvalue weighted by Gasteiger charge is -2.25. The van der Waals surface area contributed by atoms with Crippen molar-refractivity contribution in [3.8, 4) is 0 Å². The molecule has 1 fully saturated rings. The smallest absolute Gasteiger partial charge is 0.307 e. The van der Waals surface area contributed by atoms with Gasteiger partial charge in [-0.15, -0.1) is 0 Å². The number of aliphatic carboxylic acids is 1. The van der Waals surface area contributed by atoms with Gasteiger partial charge in [0.05, 0.1) is 19.6 Å². The van der Waals surface area contributed by atoms with Crippen molar-refractivity contribution in [1.29, 1.82) is 0 Å². The van der Waals surface area contributed by atoms with E-state index in [0.29, 0.717) is 26.3 Å². The van der Waals surface area contributed by atoms with Gasteiger partial charge in [0.1, 0.15) is 0 Å². The number of carbonyl (C=O) groups excluding carboxylic acids is 1. The number of morpholine rings is 1. The van der Waals surface area contributed by atoms with E-state index in [1.54, 1.807) is 4.90 Å². The summed E-state index contributed by atoms with van der Waals surface area (Å²) in [7, 11) is 0. The zero-order valence-electron chi connectivity index (χ0n) is 7.81. The van der Waals surface area contributed by atoms with E-state index in [2.05, 4.69) is 0 Å². The SMILES string of the molecule is O=C(O)C/C=C/C(=O)N1CCOCC1. The predicted octanol–water partition coefficient (Wildman–Crippen LogP) is -0.124. The van der Waals surface area contributed by atoms with Crippen LogP contribution in [-0.4, -0.2) is 48.2 Å². The van der Waals surface area contributed by atoms with Gasteiger partial charge in [0.25, 0.3) is 0 Å². The molecule has 5 heteroatoms. The Kier molecular flexibility index (Phi) is 4.12. The van der Waals surface area contributed by atoms with E-state index in [4.69, 9.17) is 9.84 Å². The van der Waals surface area contributed by atoms with Crippen molar-refractivity contribution < 1.29 is 19.4 Å². The summed E-state index contributed by atoms with van der Waals surface area (Å²) in [6.07, 6.45) is 2.55. The summed E-state index contributed by atoms with van der Waals surface area (Å²) in [5.74, 6) is -1.08. The minimum atomic E-state index is -0.934. The van der Waals surface area contributed by atoms with Gasteiger partial charge in [0, 0.05) is 13.1 Å². The van der Waals surface area contributed by atoms with Crippen LogP contribution in [0.3, 0.4) is 0 Å². The molecule has 1 aliphatic heterocycles. The molecule has 1 rings (SSSR count). The summed E-state index contributed by atoms with van der Waals surface area (Å²) in [5, 5.41) is 8.34. The van der Waals surface area contributed by atoms with Gasteiger partial charge in [-0.2, -0.15) is 0 Å². The van der Waals surface area contributed by atoms with Gasteiger partial charge in [0.2, 0.25) is 5.91 Å². The van der Waals surface area contributed by atoms with Crippen molar-refractivity contribution in [3.05, 3.63) is 12.2 Å². The number of hydrogen-bond donors (Lipinski definition) is 1. The molecule has 5 nitrogen and oxygen atoms in total. The number of ether oxygens (including phenoxy) is 1. The maximum atomic E-state index is 11.4. The molecule has 0 radical (unpaired) electrons. The Labute approximate surface area is 82.0 Å². The van der Waals surface area contributed by atoms with Gasteiger partial charge < -0.3 is 14.7 Å². The largest absolute Gasteiger partial charge is 0.481 e. The van der Waals surface area contributed by atoms with E-state index >= 15 is 0 Å². The Morgan fingerprint density at radius 3 is 2.57 bits per heavy atom. The molecule has 0 unspecified atom stereocenters. The molecule has 1 amide bonds. The third-order valence-corrected chi connectivity index (χ3v) is 1.88. The first-order valence-electron chi connectivity index (χ1n) is 4.45. The van der Waals surface area contributed by atoms with Gasteiger partial charge in [0.15, 0.2) is 0 Å². The van der Waals surface area contributed by atoms with Crippen molar-refractivity contribution in [2.45, 2.75) is 6.42 Å². The summed E-state index contributed by atoms with van der Waals surface area (Å²) in [5.41, 5.74) is 0. The number of carboxylic acids is 1. The van der Waals surface area contributed by atoms with Crippen LogP contribution in [0.25, 0.3) is 0 Å². The molecule has 1 N–H and O–H groups in total. The highest BCUT2D eigenvalue weighted by atomic mass is 16.5. The molecule has 78 valence electrons. The number of nitrogens with zero attached hydrogens (tertiary/aromatic N) is 1. The van der Waals surface area contributed by atoms with Crippen LogP contribution < -0.4 is 0 Å². The van der Waals surface area contributed by atoms with E-state index in [-0.39, 0.29) is 12.3 Å². The van der Waals surface area contributed by atoms with Crippen molar-refractivity contribution >= 4 is 11.9 Å². The number of carboxylic acid groups (broad SMARTS) is 1. The van der Waals surface area contributed by atoms with Crippen molar-refractivity contribution in [2.24, 2.45) is 0 Å². The van der Waals surface area contributed by atoms with Crippen molar-refractivity contribution in [1.82, 2.24) is 4.90 Å². The van der Waals surface area contributed by atoms with Crippen LogP contribution in [0.4, 0.5) is 0 Å². The molecule has 1 aliphatic rings. The maximum Gasteiger partial charge on any atom is 0.307 e. The molecule has 0 aliphatic carbocycles. The van der Waals surface area contributed by atoms with Crippen molar-refractivity contribution in [2.75, 3.05) is 26.3 Å².